The SMILES string of the molecule is CCCCCC/C=C\CCCCCCCC(=O)OCC(COP(=O)(O)OCC)OC(=O)CCCCCCCCCCC/C=C\CCCCCCCCCC. The van der Waals surface area contributed by atoms with Crippen LogP contribution in [-0.2, 0) is 32.7 Å². The van der Waals surface area contributed by atoms with Crippen molar-refractivity contribution in [2.24, 2.45) is 0 Å². The first-order valence-corrected chi connectivity index (χ1v) is 24.1. The second-order valence-electron chi connectivity index (χ2n) is 15.1. The molecule has 1 N–H and O–H groups in total. The number of carbonyl (C=O) groups excluding carboxylic acids is 2. The van der Waals surface area contributed by atoms with Crippen molar-refractivity contribution in [3.63, 3.8) is 0 Å². The van der Waals surface area contributed by atoms with Crippen LogP contribution in [0.5, 0.6) is 0 Å². The van der Waals surface area contributed by atoms with E-state index < -0.39 is 26.5 Å². The summed E-state index contributed by atoms with van der Waals surface area (Å²) in [4.78, 5) is 34.7. The molecular weight excluding hydrogens is 699 g/mol. The van der Waals surface area contributed by atoms with E-state index in [0.29, 0.717) is 6.42 Å². The first-order chi connectivity index (χ1) is 26.3. The van der Waals surface area contributed by atoms with Crippen molar-refractivity contribution >= 4 is 19.8 Å². The van der Waals surface area contributed by atoms with E-state index in [9.17, 15) is 19.0 Å². The highest BCUT2D eigenvalue weighted by Crippen LogP contribution is 2.43. The molecule has 8 nitrogen and oxygen atoms in total. The second kappa shape index (κ2) is 41.2. The van der Waals surface area contributed by atoms with Gasteiger partial charge in [-0.2, -0.15) is 0 Å². The quantitative estimate of drug-likeness (QED) is 0.0282. The van der Waals surface area contributed by atoms with Crippen LogP contribution in [0.1, 0.15) is 226 Å². The maximum Gasteiger partial charge on any atom is 0.472 e. The van der Waals surface area contributed by atoms with Crippen molar-refractivity contribution in [1.29, 1.82) is 0 Å². The molecule has 0 aromatic heterocycles. The molecule has 0 aromatic rings. The zero-order valence-electron chi connectivity index (χ0n) is 35.4. The average molecular weight is 785 g/mol. The lowest BCUT2D eigenvalue weighted by Crippen LogP contribution is -2.29. The van der Waals surface area contributed by atoms with Crippen molar-refractivity contribution in [3.05, 3.63) is 24.3 Å². The largest absolute Gasteiger partial charge is 0.472 e. The summed E-state index contributed by atoms with van der Waals surface area (Å²) in [5.41, 5.74) is 0. The van der Waals surface area contributed by atoms with Gasteiger partial charge in [0.25, 0.3) is 0 Å². The molecule has 318 valence electrons. The van der Waals surface area contributed by atoms with Crippen molar-refractivity contribution in [1.82, 2.24) is 0 Å². The van der Waals surface area contributed by atoms with Crippen LogP contribution < -0.4 is 0 Å². The Morgan fingerprint density at radius 1 is 0.481 bits per heavy atom. The lowest BCUT2D eigenvalue weighted by Gasteiger charge is -2.19. The number of hydrogen-bond donors (Lipinski definition) is 1. The van der Waals surface area contributed by atoms with Gasteiger partial charge in [0.05, 0.1) is 13.2 Å². The molecule has 54 heavy (non-hydrogen) atoms. The van der Waals surface area contributed by atoms with Crippen molar-refractivity contribution in [3.8, 4) is 0 Å². The van der Waals surface area contributed by atoms with E-state index in [-0.39, 0.29) is 32.0 Å². The standard InChI is InChI=1S/C45H85O8P/c1-4-7-9-11-13-15-17-19-20-21-22-23-24-25-26-28-30-32-34-36-38-40-45(47)53-43(42-52-54(48,49)51-6-3)41-50-44(46)39-37-35-33-31-29-27-18-16-14-12-10-8-5-2/h16,18,21-22,43H,4-15,17,19-20,23-42H2,1-3H3,(H,48,49)/b18-16-,22-21-. The Bertz CT molecular complexity index is 937. The third kappa shape index (κ3) is 40.2. The lowest BCUT2D eigenvalue weighted by molar-refractivity contribution is -0.161. The van der Waals surface area contributed by atoms with Crippen LogP contribution in [0.25, 0.3) is 0 Å². The summed E-state index contributed by atoms with van der Waals surface area (Å²) in [6.07, 6.45) is 45.2. The summed E-state index contributed by atoms with van der Waals surface area (Å²) < 4.78 is 32.7. The Morgan fingerprint density at radius 3 is 1.24 bits per heavy atom. The molecule has 2 atom stereocenters. The van der Waals surface area contributed by atoms with Gasteiger partial charge in [-0.15, -0.1) is 0 Å². The van der Waals surface area contributed by atoms with Crippen molar-refractivity contribution in [2.45, 2.75) is 232 Å². The Kier molecular flexibility index (Phi) is 40.1. The average Bonchev–Trinajstić information content (AvgIpc) is 3.15. The molecule has 0 amide bonds. The number of esters is 2. The van der Waals surface area contributed by atoms with Crippen LogP contribution in [0.2, 0.25) is 0 Å². The summed E-state index contributed by atoms with van der Waals surface area (Å²) in [5.74, 6) is -0.803. The Hall–Kier alpha value is -1.47. The van der Waals surface area contributed by atoms with Gasteiger partial charge >= 0.3 is 19.8 Å². The first kappa shape index (κ1) is 52.5. The predicted molar refractivity (Wildman–Crippen MR) is 226 cm³/mol. The number of unbranched alkanes of at least 4 members (excludes halogenated alkanes) is 26. The van der Waals surface area contributed by atoms with Gasteiger partial charge < -0.3 is 14.4 Å². The van der Waals surface area contributed by atoms with Gasteiger partial charge in [0.1, 0.15) is 6.61 Å². The van der Waals surface area contributed by atoms with Gasteiger partial charge in [0.2, 0.25) is 0 Å². The molecule has 0 bridgehead atoms. The molecule has 0 saturated heterocycles. The van der Waals surface area contributed by atoms with Gasteiger partial charge in [-0.25, -0.2) is 4.57 Å². The van der Waals surface area contributed by atoms with Crippen LogP contribution >= 0.6 is 7.82 Å². The third-order valence-electron chi connectivity index (χ3n) is 9.73. The minimum Gasteiger partial charge on any atom is -0.462 e. The fourth-order valence-corrected chi connectivity index (χ4v) is 7.14. The summed E-state index contributed by atoms with van der Waals surface area (Å²) in [6, 6.07) is 0. The molecule has 0 radical (unpaired) electrons. The van der Waals surface area contributed by atoms with Gasteiger partial charge in [-0.3, -0.25) is 18.6 Å². The molecule has 0 heterocycles. The second-order valence-corrected chi connectivity index (χ2v) is 16.5. The molecule has 0 aliphatic rings. The van der Waals surface area contributed by atoms with Crippen LogP contribution in [-0.4, -0.2) is 42.8 Å². The number of rotatable bonds is 42. The summed E-state index contributed by atoms with van der Waals surface area (Å²) in [5, 5.41) is 0. The van der Waals surface area contributed by atoms with Crippen LogP contribution in [0, 0.1) is 0 Å². The van der Waals surface area contributed by atoms with E-state index in [0.717, 1.165) is 51.4 Å². The number of phosphoric acid groups is 1. The smallest absolute Gasteiger partial charge is 0.462 e. The number of ether oxygens (including phenoxy) is 2. The minimum atomic E-state index is -4.28. The molecule has 0 rings (SSSR count). The summed E-state index contributed by atoms with van der Waals surface area (Å²) >= 11 is 0. The number of phosphoric ester groups is 1. The van der Waals surface area contributed by atoms with E-state index in [1.165, 1.54) is 135 Å². The van der Waals surface area contributed by atoms with Gasteiger partial charge in [-0.1, -0.05) is 167 Å². The highest BCUT2D eigenvalue weighted by Gasteiger charge is 2.25. The Balaban J connectivity index is 4.02. The summed E-state index contributed by atoms with van der Waals surface area (Å²) in [6.45, 7) is 5.47. The maximum absolute atomic E-state index is 12.6. The first-order valence-electron chi connectivity index (χ1n) is 22.6. The van der Waals surface area contributed by atoms with Gasteiger partial charge in [0, 0.05) is 12.8 Å². The monoisotopic (exact) mass is 785 g/mol. The zero-order valence-corrected chi connectivity index (χ0v) is 36.3. The normalized spacial score (nSPS) is 13.5. The van der Waals surface area contributed by atoms with E-state index in [2.05, 4.69) is 38.2 Å². The minimum absolute atomic E-state index is 0.000115. The highest BCUT2D eigenvalue weighted by molar-refractivity contribution is 7.47. The van der Waals surface area contributed by atoms with Crippen LogP contribution in [0.4, 0.5) is 0 Å². The predicted octanol–water partition coefficient (Wildman–Crippen LogP) is 14.2. The molecule has 2 unspecified atom stereocenters. The van der Waals surface area contributed by atoms with Crippen molar-refractivity contribution < 1.29 is 37.6 Å². The Morgan fingerprint density at radius 2 is 0.833 bits per heavy atom. The fraction of sp³-hybridized carbons (Fsp3) is 0.867. The van der Waals surface area contributed by atoms with E-state index >= 15 is 0 Å². The number of carbonyl (C=O) groups is 2. The molecule has 9 heteroatoms. The van der Waals surface area contributed by atoms with Crippen LogP contribution in [0.15, 0.2) is 24.3 Å². The number of allylic oxidation sites excluding steroid dienone is 4. The molecule has 0 fully saturated rings. The third-order valence-corrected chi connectivity index (χ3v) is 10.8. The Labute approximate surface area is 333 Å². The van der Waals surface area contributed by atoms with E-state index in [4.69, 9.17) is 18.5 Å². The highest BCUT2D eigenvalue weighted by atomic mass is 31.2. The number of hydrogen-bond acceptors (Lipinski definition) is 7. The van der Waals surface area contributed by atoms with E-state index in [1.54, 1.807) is 6.92 Å². The molecule has 0 aliphatic carbocycles. The molecule has 0 spiro atoms. The van der Waals surface area contributed by atoms with Crippen molar-refractivity contribution in [2.75, 3.05) is 19.8 Å². The molecule has 0 aliphatic heterocycles. The van der Waals surface area contributed by atoms with Gasteiger partial charge in [-0.05, 0) is 71.1 Å². The van der Waals surface area contributed by atoms with Crippen LogP contribution in [0.3, 0.4) is 0 Å². The summed E-state index contributed by atoms with van der Waals surface area (Å²) in [7, 11) is -4.28. The lowest BCUT2D eigenvalue weighted by atomic mass is 10.1. The topological polar surface area (TPSA) is 108 Å². The molecular formula is C45H85O8P. The van der Waals surface area contributed by atoms with E-state index in [1.807, 2.05) is 0 Å². The fourth-order valence-electron chi connectivity index (χ4n) is 6.38. The van der Waals surface area contributed by atoms with Gasteiger partial charge in [0.15, 0.2) is 6.10 Å². The zero-order chi connectivity index (χ0) is 39.6. The maximum atomic E-state index is 12.6. The molecule has 0 saturated carbocycles. The molecule has 0 aromatic carbocycles.